The molecule has 2 heterocycles. The largest absolute Gasteiger partial charge is 0.296 e. The van der Waals surface area contributed by atoms with Gasteiger partial charge in [-0.25, -0.2) is 4.98 Å². The van der Waals surface area contributed by atoms with Crippen molar-refractivity contribution in [3.63, 3.8) is 0 Å². The number of pyridine rings is 1. The molecule has 0 saturated heterocycles. The van der Waals surface area contributed by atoms with Crippen LogP contribution in [0.5, 0.6) is 0 Å². The van der Waals surface area contributed by atoms with E-state index in [0.29, 0.717) is 22.6 Å². The monoisotopic (exact) mass is 289 g/mol. The van der Waals surface area contributed by atoms with Crippen LogP contribution in [-0.2, 0) is 6.42 Å². The van der Waals surface area contributed by atoms with Gasteiger partial charge in [-0.1, -0.05) is 31.2 Å². The third-order valence-electron chi connectivity index (χ3n) is 3.93. The Morgan fingerprint density at radius 2 is 1.95 bits per heavy atom. The Hall–Kier alpha value is -2.93. The van der Waals surface area contributed by atoms with Gasteiger partial charge < -0.3 is 0 Å². The van der Waals surface area contributed by atoms with E-state index < -0.39 is 0 Å². The van der Waals surface area contributed by atoms with Gasteiger partial charge in [0.15, 0.2) is 6.29 Å². The number of nitrogens with zero attached hydrogens (tertiary/aromatic N) is 3. The number of aryl methyl sites for hydroxylation is 2. The summed E-state index contributed by atoms with van der Waals surface area (Å²) < 4.78 is 1.74. The van der Waals surface area contributed by atoms with E-state index in [1.807, 2.05) is 31.2 Å². The smallest absolute Gasteiger partial charge is 0.169 e. The number of nitriles is 1. The van der Waals surface area contributed by atoms with Crippen LogP contribution in [0.1, 0.15) is 34.2 Å². The molecule has 1 aromatic carbocycles. The molecule has 22 heavy (non-hydrogen) atoms. The number of aromatic nitrogens is 2. The molecule has 3 aromatic rings. The van der Waals surface area contributed by atoms with E-state index >= 15 is 0 Å². The fourth-order valence-corrected chi connectivity index (χ4v) is 2.65. The van der Waals surface area contributed by atoms with E-state index in [1.165, 1.54) is 5.56 Å². The van der Waals surface area contributed by atoms with Crippen molar-refractivity contribution >= 4 is 11.9 Å². The van der Waals surface area contributed by atoms with Crippen molar-refractivity contribution in [1.82, 2.24) is 9.38 Å². The Labute approximate surface area is 128 Å². The summed E-state index contributed by atoms with van der Waals surface area (Å²) in [5, 5.41) is 9.15. The van der Waals surface area contributed by atoms with Crippen LogP contribution in [0.3, 0.4) is 0 Å². The van der Waals surface area contributed by atoms with Crippen LogP contribution in [-0.4, -0.2) is 15.7 Å². The van der Waals surface area contributed by atoms with Crippen molar-refractivity contribution in [3.05, 3.63) is 58.9 Å². The zero-order valence-corrected chi connectivity index (χ0v) is 12.5. The van der Waals surface area contributed by atoms with Crippen LogP contribution in [0.25, 0.3) is 16.9 Å². The molecule has 0 spiro atoms. The fourth-order valence-electron chi connectivity index (χ4n) is 2.65. The van der Waals surface area contributed by atoms with E-state index in [1.54, 1.807) is 16.5 Å². The molecule has 0 radical (unpaired) electrons. The first kappa shape index (κ1) is 14.0. The number of carbonyl (C=O) groups excluding carboxylic acids is 1. The van der Waals surface area contributed by atoms with Gasteiger partial charge in [-0.2, -0.15) is 5.26 Å². The molecule has 108 valence electrons. The van der Waals surface area contributed by atoms with Gasteiger partial charge in [-0.15, -0.1) is 0 Å². The van der Waals surface area contributed by atoms with Gasteiger partial charge in [-0.3, -0.25) is 9.20 Å². The number of hydrogen-bond acceptors (Lipinski definition) is 3. The van der Waals surface area contributed by atoms with E-state index in [9.17, 15) is 4.79 Å². The maximum atomic E-state index is 11.6. The molecule has 0 atom stereocenters. The molecule has 0 amide bonds. The minimum absolute atomic E-state index is 0.480. The van der Waals surface area contributed by atoms with Gasteiger partial charge in [-0.05, 0) is 31.0 Å². The third kappa shape index (κ3) is 2.08. The average Bonchev–Trinajstić information content (AvgIpc) is 2.94. The SMILES string of the molecule is CCc1ccc(-c2nc3ccc(C#N)c(C)n3c2C=O)cc1. The molecular formula is C18H15N3O. The van der Waals surface area contributed by atoms with Crippen molar-refractivity contribution < 1.29 is 4.79 Å². The molecule has 2 aromatic heterocycles. The number of rotatable bonds is 3. The highest BCUT2D eigenvalue weighted by Gasteiger charge is 2.16. The summed E-state index contributed by atoms with van der Waals surface area (Å²) in [6, 6.07) is 13.7. The highest BCUT2D eigenvalue weighted by atomic mass is 16.1. The van der Waals surface area contributed by atoms with E-state index in [0.717, 1.165) is 24.0 Å². The summed E-state index contributed by atoms with van der Waals surface area (Å²) in [5.41, 5.74) is 5.22. The van der Waals surface area contributed by atoms with Crippen LogP contribution in [0.2, 0.25) is 0 Å². The van der Waals surface area contributed by atoms with Crippen LogP contribution in [0, 0.1) is 18.3 Å². The van der Waals surface area contributed by atoms with Crippen molar-refractivity contribution in [1.29, 1.82) is 5.26 Å². The van der Waals surface area contributed by atoms with Gasteiger partial charge in [0.2, 0.25) is 0 Å². The molecule has 0 aliphatic carbocycles. The van der Waals surface area contributed by atoms with Crippen molar-refractivity contribution in [2.24, 2.45) is 0 Å². The van der Waals surface area contributed by atoms with Crippen molar-refractivity contribution in [3.8, 4) is 17.3 Å². The fraction of sp³-hybridized carbons (Fsp3) is 0.167. The lowest BCUT2D eigenvalue weighted by molar-refractivity contribution is 0.111. The molecule has 0 unspecified atom stereocenters. The predicted octanol–water partition coefficient (Wildman–Crippen LogP) is 3.56. The van der Waals surface area contributed by atoms with Crippen LogP contribution >= 0.6 is 0 Å². The first-order valence-corrected chi connectivity index (χ1v) is 7.16. The molecule has 3 rings (SSSR count). The second-order valence-corrected chi connectivity index (χ2v) is 5.15. The highest BCUT2D eigenvalue weighted by molar-refractivity contribution is 5.86. The summed E-state index contributed by atoms with van der Waals surface area (Å²) in [7, 11) is 0. The number of benzene rings is 1. The molecule has 0 aliphatic heterocycles. The lowest BCUT2D eigenvalue weighted by atomic mass is 10.1. The number of imidazole rings is 1. The Bertz CT molecular complexity index is 899. The van der Waals surface area contributed by atoms with E-state index in [4.69, 9.17) is 5.26 Å². The molecule has 0 bridgehead atoms. The van der Waals surface area contributed by atoms with Crippen LogP contribution < -0.4 is 0 Å². The second-order valence-electron chi connectivity index (χ2n) is 5.15. The number of fused-ring (bicyclic) bond motifs is 1. The first-order chi connectivity index (χ1) is 10.7. The van der Waals surface area contributed by atoms with Crippen LogP contribution in [0.15, 0.2) is 36.4 Å². The highest BCUT2D eigenvalue weighted by Crippen LogP contribution is 2.25. The molecule has 0 fully saturated rings. The van der Waals surface area contributed by atoms with E-state index in [-0.39, 0.29) is 0 Å². The molecular weight excluding hydrogens is 274 g/mol. The number of carbonyl (C=O) groups is 1. The zero-order chi connectivity index (χ0) is 15.7. The minimum atomic E-state index is 0.480. The molecule has 4 nitrogen and oxygen atoms in total. The van der Waals surface area contributed by atoms with Crippen molar-refractivity contribution in [2.75, 3.05) is 0 Å². The van der Waals surface area contributed by atoms with Gasteiger partial charge >= 0.3 is 0 Å². The summed E-state index contributed by atoms with van der Waals surface area (Å²) in [5.74, 6) is 0. The quantitative estimate of drug-likeness (QED) is 0.693. The van der Waals surface area contributed by atoms with Gasteiger partial charge in [0.05, 0.1) is 5.56 Å². The van der Waals surface area contributed by atoms with Crippen molar-refractivity contribution in [2.45, 2.75) is 20.3 Å². The predicted molar refractivity (Wildman–Crippen MR) is 84.8 cm³/mol. The Morgan fingerprint density at radius 1 is 1.23 bits per heavy atom. The summed E-state index contributed by atoms with van der Waals surface area (Å²) in [4.78, 5) is 16.2. The van der Waals surface area contributed by atoms with Gasteiger partial charge in [0.25, 0.3) is 0 Å². The maximum Gasteiger partial charge on any atom is 0.169 e. The standard InChI is InChI=1S/C18H15N3O/c1-3-13-4-6-14(7-5-13)18-16(11-22)21-12(2)15(10-19)8-9-17(21)20-18/h4-9,11H,3H2,1-2H3. The lowest BCUT2D eigenvalue weighted by Crippen LogP contribution is -1.99. The van der Waals surface area contributed by atoms with Crippen LogP contribution in [0.4, 0.5) is 0 Å². The second kappa shape index (κ2) is 5.45. The summed E-state index contributed by atoms with van der Waals surface area (Å²) in [6.07, 6.45) is 1.77. The summed E-state index contributed by atoms with van der Waals surface area (Å²) >= 11 is 0. The molecule has 0 N–H and O–H groups in total. The van der Waals surface area contributed by atoms with Gasteiger partial charge in [0.1, 0.15) is 23.1 Å². The van der Waals surface area contributed by atoms with Gasteiger partial charge in [0, 0.05) is 11.3 Å². The average molecular weight is 289 g/mol. The molecule has 0 saturated carbocycles. The topological polar surface area (TPSA) is 58.2 Å². The molecule has 0 aliphatic rings. The number of aldehydes is 1. The minimum Gasteiger partial charge on any atom is -0.296 e. The Kier molecular flexibility index (Phi) is 3.48. The third-order valence-corrected chi connectivity index (χ3v) is 3.93. The normalized spacial score (nSPS) is 10.6. The summed E-state index contributed by atoms with van der Waals surface area (Å²) in [6.45, 7) is 3.92. The zero-order valence-electron chi connectivity index (χ0n) is 12.5. The lowest BCUT2D eigenvalue weighted by Gasteiger charge is -2.04. The Balaban J connectivity index is 2.28. The molecule has 4 heteroatoms. The van der Waals surface area contributed by atoms with E-state index in [2.05, 4.69) is 18.0 Å². The first-order valence-electron chi connectivity index (χ1n) is 7.16. The maximum absolute atomic E-state index is 11.6. The Morgan fingerprint density at radius 3 is 2.55 bits per heavy atom. The number of hydrogen-bond donors (Lipinski definition) is 0.